The molecule has 0 fully saturated rings. The van der Waals surface area contributed by atoms with Gasteiger partial charge in [-0.15, -0.1) is 0 Å². The average molecular weight is 254 g/mol. The van der Waals surface area contributed by atoms with Crippen LogP contribution in [0.4, 0.5) is 0 Å². The number of aliphatic hydroxyl groups excluding tert-OH is 2. The molecule has 0 heterocycles. The van der Waals surface area contributed by atoms with Gasteiger partial charge in [0.15, 0.2) is 6.29 Å². The summed E-state index contributed by atoms with van der Waals surface area (Å²) < 4.78 is 0. The van der Waals surface area contributed by atoms with E-state index in [0.29, 0.717) is 31.1 Å². The smallest absolute Gasteiger partial charge is 0.157 e. The van der Waals surface area contributed by atoms with Crippen LogP contribution in [0.1, 0.15) is 34.3 Å². The predicted molar refractivity (Wildman–Crippen MR) is 65.9 cm³/mol. The fourth-order valence-electron chi connectivity index (χ4n) is 1.82. The van der Waals surface area contributed by atoms with Crippen molar-refractivity contribution in [2.45, 2.75) is 32.3 Å². The SMILES string of the molecule is Cc1c(CCC[C@H](O)CO)cc(O)c(C=O)c1O. The summed E-state index contributed by atoms with van der Waals surface area (Å²) in [5.74, 6) is -0.450. The number of aromatic hydroxyl groups is 2. The Bertz CT molecular complexity index is 428. The molecule has 0 spiro atoms. The van der Waals surface area contributed by atoms with Crippen LogP contribution in [0.2, 0.25) is 0 Å². The molecule has 100 valence electrons. The van der Waals surface area contributed by atoms with E-state index >= 15 is 0 Å². The molecule has 5 nitrogen and oxygen atoms in total. The molecule has 0 aliphatic carbocycles. The Morgan fingerprint density at radius 1 is 1.39 bits per heavy atom. The standard InChI is InChI=1S/C13H18O5/c1-8-9(3-2-4-10(16)6-14)5-12(17)11(7-15)13(8)18/h5,7,10,14,16-18H,2-4,6H2,1H3/t10-/m0/s1. The van der Waals surface area contributed by atoms with Gasteiger partial charge in [-0.05, 0) is 43.4 Å². The van der Waals surface area contributed by atoms with Gasteiger partial charge in [-0.25, -0.2) is 0 Å². The van der Waals surface area contributed by atoms with Crippen molar-refractivity contribution in [1.29, 1.82) is 0 Å². The lowest BCUT2D eigenvalue weighted by atomic mass is 9.98. The first-order valence-electron chi connectivity index (χ1n) is 5.79. The minimum absolute atomic E-state index is 0.105. The normalized spacial score (nSPS) is 12.4. The molecule has 0 amide bonds. The van der Waals surface area contributed by atoms with Gasteiger partial charge in [0.1, 0.15) is 11.5 Å². The van der Waals surface area contributed by atoms with E-state index in [2.05, 4.69) is 0 Å². The van der Waals surface area contributed by atoms with Crippen LogP contribution < -0.4 is 0 Å². The lowest BCUT2D eigenvalue weighted by Crippen LogP contribution is -2.11. The predicted octanol–water partition coefficient (Wildman–Crippen LogP) is 0.895. The van der Waals surface area contributed by atoms with Crippen LogP contribution in [0.3, 0.4) is 0 Å². The minimum Gasteiger partial charge on any atom is -0.507 e. The summed E-state index contributed by atoms with van der Waals surface area (Å²) in [6.07, 6.45) is 1.26. The summed E-state index contributed by atoms with van der Waals surface area (Å²) in [4.78, 5) is 10.7. The molecule has 0 saturated carbocycles. The Balaban J connectivity index is 2.81. The molecule has 0 radical (unpaired) electrons. The third-order valence-corrected chi connectivity index (χ3v) is 2.99. The summed E-state index contributed by atoms with van der Waals surface area (Å²) in [6, 6.07) is 1.45. The number of rotatable bonds is 6. The average Bonchev–Trinajstić information content (AvgIpc) is 2.35. The highest BCUT2D eigenvalue weighted by Crippen LogP contribution is 2.32. The van der Waals surface area contributed by atoms with E-state index < -0.39 is 6.10 Å². The molecule has 18 heavy (non-hydrogen) atoms. The number of benzene rings is 1. The second kappa shape index (κ2) is 6.37. The zero-order valence-electron chi connectivity index (χ0n) is 10.3. The second-order valence-electron chi connectivity index (χ2n) is 4.29. The lowest BCUT2D eigenvalue weighted by molar-refractivity contribution is 0.0867. The van der Waals surface area contributed by atoms with Gasteiger partial charge in [0, 0.05) is 0 Å². The molecule has 1 aromatic rings. The number of phenols is 2. The summed E-state index contributed by atoms with van der Waals surface area (Å²) in [6.45, 7) is 1.39. The molecular formula is C13H18O5. The van der Waals surface area contributed by atoms with E-state index in [4.69, 9.17) is 5.11 Å². The number of aryl methyl sites for hydroxylation is 1. The molecule has 0 bridgehead atoms. The third kappa shape index (κ3) is 3.21. The molecule has 0 aliphatic heterocycles. The van der Waals surface area contributed by atoms with E-state index in [9.17, 15) is 20.1 Å². The molecule has 0 aliphatic rings. The van der Waals surface area contributed by atoms with Crippen LogP contribution in [0.25, 0.3) is 0 Å². The third-order valence-electron chi connectivity index (χ3n) is 2.99. The van der Waals surface area contributed by atoms with Crippen LogP contribution in [-0.2, 0) is 6.42 Å². The maximum absolute atomic E-state index is 10.7. The largest absolute Gasteiger partial charge is 0.507 e. The summed E-state index contributed by atoms with van der Waals surface area (Å²) in [5.41, 5.74) is 1.17. The number of carbonyl (C=O) groups excluding carboxylic acids is 1. The molecule has 1 aromatic carbocycles. The van der Waals surface area contributed by atoms with Crippen LogP contribution in [-0.4, -0.2) is 39.4 Å². The first-order chi connectivity index (χ1) is 8.51. The zero-order chi connectivity index (χ0) is 13.7. The van der Waals surface area contributed by atoms with E-state index in [1.165, 1.54) is 6.07 Å². The van der Waals surface area contributed by atoms with Gasteiger partial charge in [0.2, 0.25) is 0 Å². The van der Waals surface area contributed by atoms with Gasteiger partial charge in [-0.3, -0.25) is 4.79 Å². The number of phenolic OH excluding ortho intramolecular Hbond substituents is 2. The van der Waals surface area contributed by atoms with Crippen molar-refractivity contribution in [3.05, 3.63) is 22.8 Å². The molecular weight excluding hydrogens is 236 g/mol. The van der Waals surface area contributed by atoms with Crippen LogP contribution in [0.5, 0.6) is 11.5 Å². The van der Waals surface area contributed by atoms with E-state index in [0.717, 1.165) is 5.56 Å². The number of carbonyl (C=O) groups is 1. The van der Waals surface area contributed by atoms with Crippen LogP contribution >= 0.6 is 0 Å². The summed E-state index contributed by atoms with van der Waals surface area (Å²) in [7, 11) is 0. The molecule has 5 heteroatoms. The van der Waals surface area contributed by atoms with Crippen molar-refractivity contribution in [2.75, 3.05) is 6.61 Å². The number of hydrogen-bond donors (Lipinski definition) is 4. The quantitative estimate of drug-likeness (QED) is 0.565. The highest BCUT2D eigenvalue weighted by molar-refractivity contribution is 5.84. The molecule has 0 unspecified atom stereocenters. The van der Waals surface area contributed by atoms with E-state index in [-0.39, 0.29) is 23.7 Å². The Morgan fingerprint density at radius 2 is 2.06 bits per heavy atom. The highest BCUT2D eigenvalue weighted by atomic mass is 16.3. The summed E-state index contributed by atoms with van der Waals surface area (Å²) >= 11 is 0. The minimum atomic E-state index is -0.748. The first-order valence-corrected chi connectivity index (χ1v) is 5.79. The maximum atomic E-state index is 10.7. The van der Waals surface area contributed by atoms with Gasteiger partial charge in [0.05, 0.1) is 18.3 Å². The fourth-order valence-corrected chi connectivity index (χ4v) is 1.82. The van der Waals surface area contributed by atoms with Crippen LogP contribution in [0, 0.1) is 6.92 Å². The Kier molecular flexibility index (Phi) is 5.12. The van der Waals surface area contributed by atoms with Crippen molar-refractivity contribution < 1.29 is 25.2 Å². The lowest BCUT2D eigenvalue weighted by Gasteiger charge is -2.12. The van der Waals surface area contributed by atoms with Crippen molar-refractivity contribution in [3.8, 4) is 11.5 Å². The van der Waals surface area contributed by atoms with Crippen LogP contribution in [0.15, 0.2) is 6.07 Å². The molecule has 1 rings (SSSR count). The van der Waals surface area contributed by atoms with E-state index in [1.54, 1.807) is 6.92 Å². The van der Waals surface area contributed by atoms with Crippen molar-refractivity contribution in [3.63, 3.8) is 0 Å². The number of hydrogen-bond acceptors (Lipinski definition) is 5. The van der Waals surface area contributed by atoms with Gasteiger partial charge in [0.25, 0.3) is 0 Å². The van der Waals surface area contributed by atoms with Gasteiger partial charge in [-0.2, -0.15) is 0 Å². The highest BCUT2D eigenvalue weighted by Gasteiger charge is 2.14. The molecule has 1 atom stereocenters. The zero-order valence-corrected chi connectivity index (χ0v) is 10.3. The van der Waals surface area contributed by atoms with Crippen molar-refractivity contribution in [2.24, 2.45) is 0 Å². The molecule has 0 saturated heterocycles. The summed E-state index contributed by atoms with van der Waals surface area (Å²) in [5, 5.41) is 37.2. The van der Waals surface area contributed by atoms with Crippen molar-refractivity contribution in [1.82, 2.24) is 0 Å². The molecule has 0 aromatic heterocycles. The van der Waals surface area contributed by atoms with Gasteiger partial charge in [-0.1, -0.05) is 0 Å². The fraction of sp³-hybridized carbons (Fsp3) is 0.462. The first kappa shape index (κ1) is 14.5. The van der Waals surface area contributed by atoms with Gasteiger partial charge < -0.3 is 20.4 Å². The van der Waals surface area contributed by atoms with Crippen molar-refractivity contribution >= 4 is 6.29 Å². The maximum Gasteiger partial charge on any atom is 0.157 e. The Hall–Kier alpha value is -1.59. The Labute approximate surface area is 105 Å². The topological polar surface area (TPSA) is 98.0 Å². The van der Waals surface area contributed by atoms with E-state index in [1.807, 2.05) is 0 Å². The second-order valence-corrected chi connectivity index (χ2v) is 4.29. The number of aldehydes is 1. The van der Waals surface area contributed by atoms with Gasteiger partial charge >= 0.3 is 0 Å². The Morgan fingerprint density at radius 3 is 2.61 bits per heavy atom. The monoisotopic (exact) mass is 254 g/mol. The number of aliphatic hydroxyl groups is 2. The molecule has 4 N–H and O–H groups in total.